The largest absolute Gasteiger partial charge is 0.459 e. The molecule has 0 saturated carbocycles. The Kier molecular flexibility index (Phi) is 11.0. The fourth-order valence-corrected chi connectivity index (χ4v) is 2.64. The molecule has 2 rings (SSSR count). The molecule has 6 nitrogen and oxygen atoms in total. The highest BCUT2D eigenvalue weighted by molar-refractivity contribution is 14.0. The van der Waals surface area contributed by atoms with Gasteiger partial charge in [-0.3, -0.25) is 9.79 Å². The third-order valence-electron chi connectivity index (χ3n) is 3.88. The molecule has 0 unspecified atom stereocenters. The van der Waals surface area contributed by atoms with E-state index in [1.54, 1.807) is 12.1 Å². The zero-order valence-corrected chi connectivity index (χ0v) is 17.2. The number of rotatable bonds is 8. The third kappa shape index (κ3) is 8.42. The number of carbonyl (C=O) groups excluding carboxylic acids is 1. The maximum absolute atomic E-state index is 11.7. The Morgan fingerprint density at radius 1 is 1.24 bits per heavy atom. The van der Waals surface area contributed by atoms with Gasteiger partial charge in [0.15, 0.2) is 11.7 Å². The average Bonchev–Trinajstić information content (AvgIpc) is 3.14. The number of furan rings is 1. The fraction of sp³-hybridized carbons (Fsp3) is 0.556. The van der Waals surface area contributed by atoms with Crippen molar-refractivity contribution in [1.82, 2.24) is 16.0 Å². The van der Waals surface area contributed by atoms with Gasteiger partial charge in [0.2, 0.25) is 0 Å². The number of amides is 1. The van der Waals surface area contributed by atoms with Crippen LogP contribution in [0.3, 0.4) is 0 Å². The summed E-state index contributed by atoms with van der Waals surface area (Å²) < 4.78 is 5.05. The van der Waals surface area contributed by atoms with Gasteiger partial charge in [-0.25, -0.2) is 0 Å². The maximum atomic E-state index is 11.7. The number of guanidine groups is 1. The number of hydrogen-bond acceptors (Lipinski definition) is 3. The Labute approximate surface area is 166 Å². The molecule has 25 heavy (non-hydrogen) atoms. The topological polar surface area (TPSA) is 78.7 Å². The van der Waals surface area contributed by atoms with Crippen molar-refractivity contribution in [3.63, 3.8) is 0 Å². The summed E-state index contributed by atoms with van der Waals surface area (Å²) in [5.74, 6) is 0.922. The van der Waals surface area contributed by atoms with Crippen LogP contribution in [0.2, 0.25) is 0 Å². The molecule has 1 aromatic rings. The van der Waals surface area contributed by atoms with Crippen molar-refractivity contribution >= 4 is 35.8 Å². The van der Waals surface area contributed by atoms with E-state index >= 15 is 0 Å². The molecule has 0 saturated heterocycles. The molecule has 1 aromatic heterocycles. The van der Waals surface area contributed by atoms with E-state index in [1.807, 2.05) is 6.92 Å². The lowest BCUT2D eigenvalue weighted by Crippen LogP contribution is -2.41. The molecule has 0 atom stereocenters. The van der Waals surface area contributed by atoms with Crippen LogP contribution in [0, 0.1) is 0 Å². The second-order valence-corrected chi connectivity index (χ2v) is 5.78. The summed E-state index contributed by atoms with van der Waals surface area (Å²) in [4.78, 5) is 16.3. The standard InChI is InChI=1S/C18H28N4O2.HI/c1-2-19-18(21-11-10-15-7-4-3-5-8-15)22-13-12-20-17(23)16-9-6-14-24-16;/h6-7,9,14H,2-5,8,10-13H2,1H3,(H,20,23)(H2,19,21,22);1H. The van der Waals surface area contributed by atoms with Gasteiger partial charge >= 0.3 is 0 Å². The van der Waals surface area contributed by atoms with Gasteiger partial charge in [-0.05, 0) is 51.2 Å². The first-order chi connectivity index (χ1) is 11.8. The number of carbonyl (C=O) groups is 1. The van der Waals surface area contributed by atoms with Crippen molar-refractivity contribution < 1.29 is 9.21 Å². The highest BCUT2D eigenvalue weighted by Gasteiger charge is 2.07. The van der Waals surface area contributed by atoms with Gasteiger partial charge in [0, 0.05) is 26.2 Å². The Hall–Kier alpha value is -1.51. The summed E-state index contributed by atoms with van der Waals surface area (Å²) in [5.41, 5.74) is 1.53. The Morgan fingerprint density at radius 2 is 2.08 bits per heavy atom. The molecule has 3 N–H and O–H groups in total. The van der Waals surface area contributed by atoms with E-state index < -0.39 is 0 Å². The van der Waals surface area contributed by atoms with Gasteiger partial charge in [-0.2, -0.15) is 0 Å². The quantitative estimate of drug-likeness (QED) is 0.183. The van der Waals surface area contributed by atoms with E-state index in [-0.39, 0.29) is 29.9 Å². The first kappa shape index (κ1) is 21.5. The molecule has 1 aliphatic carbocycles. The molecule has 0 bridgehead atoms. The Balaban J connectivity index is 0.00000312. The van der Waals surface area contributed by atoms with Crippen molar-refractivity contribution in [2.24, 2.45) is 4.99 Å². The van der Waals surface area contributed by atoms with Crippen LogP contribution in [0.25, 0.3) is 0 Å². The third-order valence-corrected chi connectivity index (χ3v) is 3.88. The van der Waals surface area contributed by atoms with E-state index in [0.717, 1.165) is 25.5 Å². The molecule has 0 aliphatic heterocycles. The lowest BCUT2D eigenvalue weighted by molar-refractivity contribution is 0.0926. The Bertz CT molecular complexity index is 555. The molecule has 1 aliphatic rings. The van der Waals surface area contributed by atoms with Crippen molar-refractivity contribution in [2.45, 2.75) is 39.0 Å². The summed E-state index contributed by atoms with van der Waals surface area (Å²) in [6.45, 7) is 4.77. The smallest absolute Gasteiger partial charge is 0.287 e. The zero-order valence-electron chi connectivity index (χ0n) is 14.8. The number of aliphatic imine (C=N–C) groups is 1. The zero-order chi connectivity index (χ0) is 17.0. The van der Waals surface area contributed by atoms with E-state index in [0.29, 0.717) is 18.8 Å². The van der Waals surface area contributed by atoms with Gasteiger partial charge in [-0.15, -0.1) is 24.0 Å². The normalized spacial score (nSPS) is 14.3. The fourth-order valence-electron chi connectivity index (χ4n) is 2.64. The summed E-state index contributed by atoms with van der Waals surface area (Å²) in [5, 5.41) is 9.26. The number of hydrogen-bond donors (Lipinski definition) is 3. The highest BCUT2D eigenvalue weighted by Crippen LogP contribution is 2.19. The minimum atomic E-state index is -0.201. The SMILES string of the molecule is CCNC(=NCCC1=CCCCC1)NCCNC(=O)c1ccco1.I. The van der Waals surface area contributed by atoms with Gasteiger partial charge in [0.05, 0.1) is 6.26 Å². The molecule has 7 heteroatoms. The summed E-state index contributed by atoms with van der Waals surface area (Å²) in [6, 6.07) is 3.35. The molecular weight excluding hydrogens is 431 g/mol. The van der Waals surface area contributed by atoms with Crippen LogP contribution in [-0.2, 0) is 0 Å². The van der Waals surface area contributed by atoms with Crippen molar-refractivity contribution in [1.29, 1.82) is 0 Å². The predicted molar refractivity (Wildman–Crippen MR) is 112 cm³/mol. The Morgan fingerprint density at radius 3 is 2.76 bits per heavy atom. The highest BCUT2D eigenvalue weighted by atomic mass is 127. The number of allylic oxidation sites excluding steroid dienone is 1. The van der Waals surface area contributed by atoms with Gasteiger partial charge in [0.1, 0.15) is 0 Å². The van der Waals surface area contributed by atoms with Crippen LogP contribution < -0.4 is 16.0 Å². The number of nitrogens with one attached hydrogen (secondary N) is 3. The van der Waals surface area contributed by atoms with Crippen molar-refractivity contribution in [3.05, 3.63) is 35.8 Å². The molecular formula is C18H29IN4O2. The molecule has 0 aromatic carbocycles. The first-order valence-electron chi connectivity index (χ1n) is 8.81. The van der Waals surface area contributed by atoms with Gasteiger partial charge in [-0.1, -0.05) is 11.6 Å². The molecule has 0 fully saturated rings. The van der Waals surface area contributed by atoms with Crippen LogP contribution in [-0.4, -0.2) is 38.0 Å². The van der Waals surface area contributed by atoms with Crippen LogP contribution in [0.4, 0.5) is 0 Å². The van der Waals surface area contributed by atoms with Crippen LogP contribution >= 0.6 is 24.0 Å². The van der Waals surface area contributed by atoms with Crippen molar-refractivity contribution in [3.8, 4) is 0 Å². The average molecular weight is 460 g/mol. The summed E-state index contributed by atoms with van der Waals surface area (Å²) in [6.07, 6.45) is 9.95. The van der Waals surface area contributed by atoms with Crippen LogP contribution in [0.15, 0.2) is 39.5 Å². The predicted octanol–water partition coefficient (Wildman–Crippen LogP) is 3.07. The number of halogens is 1. The van der Waals surface area contributed by atoms with E-state index in [1.165, 1.54) is 37.5 Å². The van der Waals surface area contributed by atoms with Crippen LogP contribution in [0.5, 0.6) is 0 Å². The molecule has 140 valence electrons. The second-order valence-electron chi connectivity index (χ2n) is 5.78. The molecule has 0 spiro atoms. The lowest BCUT2D eigenvalue weighted by Gasteiger charge is -2.13. The summed E-state index contributed by atoms with van der Waals surface area (Å²) >= 11 is 0. The minimum absolute atomic E-state index is 0. The molecule has 1 heterocycles. The van der Waals surface area contributed by atoms with Crippen LogP contribution in [0.1, 0.15) is 49.6 Å². The lowest BCUT2D eigenvalue weighted by atomic mass is 9.97. The molecule has 0 radical (unpaired) electrons. The first-order valence-corrected chi connectivity index (χ1v) is 8.81. The van der Waals surface area contributed by atoms with E-state index in [4.69, 9.17) is 4.42 Å². The molecule has 1 amide bonds. The van der Waals surface area contributed by atoms with E-state index in [9.17, 15) is 4.79 Å². The van der Waals surface area contributed by atoms with Gasteiger partial charge in [0.25, 0.3) is 5.91 Å². The van der Waals surface area contributed by atoms with Gasteiger partial charge < -0.3 is 20.4 Å². The maximum Gasteiger partial charge on any atom is 0.287 e. The van der Waals surface area contributed by atoms with E-state index in [2.05, 4.69) is 27.0 Å². The van der Waals surface area contributed by atoms with Crippen molar-refractivity contribution in [2.75, 3.05) is 26.2 Å². The number of nitrogens with zero attached hydrogens (tertiary/aromatic N) is 1. The summed E-state index contributed by atoms with van der Waals surface area (Å²) in [7, 11) is 0. The monoisotopic (exact) mass is 460 g/mol. The second kappa shape index (κ2) is 12.8. The minimum Gasteiger partial charge on any atom is -0.459 e.